The molecule has 0 bridgehead atoms. The van der Waals surface area contributed by atoms with E-state index in [1.165, 1.54) is 36.4 Å². The van der Waals surface area contributed by atoms with Crippen molar-refractivity contribution in [3.8, 4) is 5.75 Å². The van der Waals surface area contributed by atoms with Crippen LogP contribution in [0.1, 0.15) is 15.9 Å². The zero-order chi connectivity index (χ0) is 22.7. The van der Waals surface area contributed by atoms with Crippen molar-refractivity contribution in [2.24, 2.45) is 0 Å². The predicted octanol–water partition coefficient (Wildman–Crippen LogP) is 3.28. The minimum Gasteiger partial charge on any atom is -0.415 e. The third-order valence-corrected chi connectivity index (χ3v) is 4.63. The standard InChI is InChI=1S/C23H15N3O6/c27-21-18(22(28)25(24-21)17-11-5-2-6-12-17)14-16-10-7-13-19(26(30)31)20(16)32-23(29)15-8-3-1-4-9-15/h1-14H,(H,24,27). The SMILES string of the molecule is O=C1NN(c2ccccc2)C(=O)C1=Cc1cccc([N+](=O)[O-])c1OC(=O)c1ccccc1. The first-order chi connectivity index (χ1) is 15.5. The van der Waals surface area contributed by atoms with Gasteiger partial charge in [-0.25, -0.2) is 9.80 Å². The lowest BCUT2D eigenvalue weighted by Gasteiger charge is -2.13. The summed E-state index contributed by atoms with van der Waals surface area (Å²) in [7, 11) is 0. The maximum Gasteiger partial charge on any atom is 0.343 e. The van der Waals surface area contributed by atoms with Gasteiger partial charge < -0.3 is 4.74 Å². The molecule has 1 heterocycles. The van der Waals surface area contributed by atoms with E-state index in [9.17, 15) is 24.5 Å². The van der Waals surface area contributed by atoms with Crippen molar-refractivity contribution >= 4 is 35.2 Å². The van der Waals surface area contributed by atoms with Crippen LogP contribution in [0, 0.1) is 10.1 Å². The third-order valence-electron chi connectivity index (χ3n) is 4.63. The molecule has 1 aliphatic rings. The highest BCUT2D eigenvalue weighted by atomic mass is 16.6. The number of ether oxygens (including phenoxy) is 1. The van der Waals surface area contributed by atoms with Crippen LogP contribution in [0.25, 0.3) is 6.08 Å². The molecule has 0 unspecified atom stereocenters. The van der Waals surface area contributed by atoms with Crippen LogP contribution in [0.2, 0.25) is 0 Å². The fourth-order valence-corrected chi connectivity index (χ4v) is 3.11. The second-order valence-corrected chi connectivity index (χ2v) is 6.68. The molecule has 0 atom stereocenters. The zero-order valence-corrected chi connectivity index (χ0v) is 16.4. The molecule has 1 N–H and O–H groups in total. The first kappa shape index (κ1) is 20.5. The Bertz CT molecular complexity index is 1260. The minimum atomic E-state index is -0.812. The number of para-hydroxylation sites is 2. The molecule has 32 heavy (non-hydrogen) atoms. The molecule has 9 heteroatoms. The van der Waals surface area contributed by atoms with Crippen LogP contribution >= 0.6 is 0 Å². The predicted molar refractivity (Wildman–Crippen MR) is 115 cm³/mol. The number of nitro groups is 1. The molecule has 0 saturated carbocycles. The summed E-state index contributed by atoms with van der Waals surface area (Å²) in [6.07, 6.45) is 1.17. The number of amides is 2. The highest BCUT2D eigenvalue weighted by Gasteiger charge is 2.35. The molecule has 0 radical (unpaired) electrons. The van der Waals surface area contributed by atoms with Crippen LogP contribution < -0.4 is 15.2 Å². The smallest absolute Gasteiger partial charge is 0.343 e. The summed E-state index contributed by atoms with van der Waals surface area (Å²) in [6, 6.07) is 20.4. The second kappa shape index (κ2) is 8.52. The van der Waals surface area contributed by atoms with Gasteiger partial charge in [0.15, 0.2) is 0 Å². The number of carbonyl (C=O) groups excluding carboxylic acids is 3. The van der Waals surface area contributed by atoms with E-state index in [0.717, 1.165) is 5.01 Å². The molecular formula is C23H15N3O6. The van der Waals surface area contributed by atoms with Gasteiger partial charge in [-0.15, -0.1) is 0 Å². The summed E-state index contributed by atoms with van der Waals surface area (Å²) in [4.78, 5) is 48.6. The zero-order valence-electron chi connectivity index (χ0n) is 16.4. The van der Waals surface area contributed by atoms with E-state index in [4.69, 9.17) is 4.74 Å². The molecule has 0 aromatic heterocycles. The van der Waals surface area contributed by atoms with E-state index in [1.807, 2.05) is 0 Å². The maximum atomic E-state index is 12.8. The number of nitrogens with one attached hydrogen (secondary N) is 1. The van der Waals surface area contributed by atoms with E-state index in [2.05, 4.69) is 5.43 Å². The van der Waals surface area contributed by atoms with Crippen molar-refractivity contribution in [2.75, 3.05) is 5.01 Å². The Balaban J connectivity index is 1.74. The average Bonchev–Trinajstić information content (AvgIpc) is 3.09. The quantitative estimate of drug-likeness (QED) is 0.166. The topological polar surface area (TPSA) is 119 Å². The molecule has 4 rings (SSSR count). The Labute approximate surface area is 181 Å². The van der Waals surface area contributed by atoms with Crippen LogP contribution in [0.4, 0.5) is 11.4 Å². The van der Waals surface area contributed by atoms with Crippen LogP contribution in [0.15, 0.2) is 84.4 Å². The maximum absolute atomic E-state index is 12.8. The molecule has 1 aliphatic heterocycles. The fraction of sp³-hybridized carbons (Fsp3) is 0. The third kappa shape index (κ3) is 3.94. The van der Waals surface area contributed by atoms with Crippen LogP contribution in [-0.4, -0.2) is 22.7 Å². The number of esters is 1. The number of benzene rings is 3. The highest BCUT2D eigenvalue weighted by Crippen LogP contribution is 2.34. The minimum absolute atomic E-state index is 0.0388. The van der Waals surface area contributed by atoms with Gasteiger partial charge in [-0.2, -0.15) is 0 Å². The Morgan fingerprint density at radius 3 is 2.25 bits per heavy atom. The lowest BCUT2D eigenvalue weighted by Crippen LogP contribution is -2.35. The summed E-state index contributed by atoms with van der Waals surface area (Å²) in [5.41, 5.74) is 2.39. The van der Waals surface area contributed by atoms with Gasteiger partial charge in [-0.3, -0.25) is 25.1 Å². The van der Waals surface area contributed by atoms with Gasteiger partial charge in [-0.05, 0) is 30.3 Å². The van der Waals surface area contributed by atoms with Gasteiger partial charge in [0.2, 0.25) is 5.75 Å². The van der Waals surface area contributed by atoms with Gasteiger partial charge >= 0.3 is 11.7 Å². The van der Waals surface area contributed by atoms with Crippen molar-refractivity contribution in [3.05, 3.63) is 106 Å². The Hall–Kier alpha value is -4.79. The first-order valence-corrected chi connectivity index (χ1v) is 9.42. The van der Waals surface area contributed by atoms with Gasteiger partial charge in [0.25, 0.3) is 11.8 Å². The normalized spacial score (nSPS) is 14.4. The molecule has 0 aliphatic carbocycles. The van der Waals surface area contributed by atoms with Crippen molar-refractivity contribution in [2.45, 2.75) is 0 Å². The number of nitrogens with zero attached hydrogens (tertiary/aromatic N) is 2. The van der Waals surface area contributed by atoms with Crippen molar-refractivity contribution in [1.29, 1.82) is 0 Å². The highest BCUT2D eigenvalue weighted by molar-refractivity contribution is 6.31. The number of anilines is 1. The number of nitro benzene ring substituents is 1. The molecule has 2 amide bonds. The Morgan fingerprint density at radius 2 is 1.59 bits per heavy atom. The van der Waals surface area contributed by atoms with Crippen molar-refractivity contribution in [1.82, 2.24) is 5.43 Å². The van der Waals surface area contributed by atoms with Gasteiger partial charge in [0, 0.05) is 11.6 Å². The summed E-state index contributed by atoms with van der Waals surface area (Å²) < 4.78 is 5.33. The monoisotopic (exact) mass is 429 g/mol. The van der Waals surface area contributed by atoms with E-state index < -0.39 is 28.4 Å². The Morgan fingerprint density at radius 1 is 0.938 bits per heavy atom. The fourth-order valence-electron chi connectivity index (χ4n) is 3.11. The summed E-state index contributed by atoms with van der Waals surface area (Å²) in [6.45, 7) is 0. The Kier molecular flexibility index (Phi) is 5.45. The van der Waals surface area contributed by atoms with E-state index >= 15 is 0 Å². The molecule has 3 aromatic carbocycles. The summed E-state index contributed by atoms with van der Waals surface area (Å²) >= 11 is 0. The number of hydrogen-bond acceptors (Lipinski definition) is 6. The molecule has 1 saturated heterocycles. The van der Waals surface area contributed by atoms with Crippen LogP contribution in [-0.2, 0) is 9.59 Å². The van der Waals surface area contributed by atoms with Gasteiger partial charge in [-0.1, -0.05) is 48.5 Å². The number of carbonyl (C=O) groups is 3. The molecule has 158 valence electrons. The van der Waals surface area contributed by atoms with Crippen LogP contribution in [0.5, 0.6) is 5.75 Å². The average molecular weight is 429 g/mol. The molecule has 3 aromatic rings. The van der Waals surface area contributed by atoms with Crippen molar-refractivity contribution in [3.63, 3.8) is 0 Å². The molecular weight excluding hydrogens is 414 g/mol. The molecule has 1 fully saturated rings. The van der Waals surface area contributed by atoms with Crippen molar-refractivity contribution < 1.29 is 24.0 Å². The first-order valence-electron chi connectivity index (χ1n) is 9.42. The lowest BCUT2D eigenvalue weighted by molar-refractivity contribution is -0.385. The summed E-state index contributed by atoms with van der Waals surface area (Å²) in [5.74, 6) is -2.51. The van der Waals surface area contributed by atoms with Crippen LogP contribution in [0.3, 0.4) is 0 Å². The van der Waals surface area contributed by atoms with E-state index in [0.29, 0.717) is 5.69 Å². The number of hydrazine groups is 1. The second-order valence-electron chi connectivity index (χ2n) is 6.68. The molecule has 0 spiro atoms. The van der Waals surface area contributed by atoms with Gasteiger partial charge in [0.05, 0.1) is 16.2 Å². The summed E-state index contributed by atoms with van der Waals surface area (Å²) in [5, 5.41) is 12.6. The number of rotatable bonds is 5. The molecule has 9 nitrogen and oxygen atoms in total. The van der Waals surface area contributed by atoms with Gasteiger partial charge in [0.1, 0.15) is 5.57 Å². The largest absolute Gasteiger partial charge is 0.415 e. The lowest BCUT2D eigenvalue weighted by atomic mass is 10.1. The number of hydrogen-bond donors (Lipinski definition) is 1. The van der Waals surface area contributed by atoms with E-state index in [-0.39, 0.29) is 22.4 Å². The van der Waals surface area contributed by atoms with E-state index in [1.54, 1.807) is 48.5 Å².